The summed E-state index contributed by atoms with van der Waals surface area (Å²) in [4.78, 5) is 37.3. The number of primary sulfonamides is 1. The van der Waals surface area contributed by atoms with Crippen molar-refractivity contribution in [3.05, 3.63) is 0 Å². The standard InChI is InChI=1S/C12H19N3O5S/c13-21(19,20)8-4-7-15-10(17)12(5-2-1-3-6-12)9(16)14-11(15)18/h1-8H2,(H2,13,19,20)(H,14,16,18). The van der Waals surface area contributed by atoms with E-state index >= 15 is 0 Å². The van der Waals surface area contributed by atoms with Gasteiger partial charge < -0.3 is 0 Å². The van der Waals surface area contributed by atoms with E-state index < -0.39 is 33.3 Å². The zero-order chi connectivity index (χ0) is 15.7. The quantitative estimate of drug-likeness (QED) is 0.688. The highest BCUT2D eigenvalue weighted by molar-refractivity contribution is 7.89. The topological polar surface area (TPSA) is 127 Å². The lowest BCUT2D eigenvalue weighted by atomic mass is 9.71. The average Bonchev–Trinajstić information content (AvgIpc) is 2.41. The van der Waals surface area contributed by atoms with Crippen molar-refractivity contribution < 1.29 is 22.8 Å². The van der Waals surface area contributed by atoms with Gasteiger partial charge in [0.1, 0.15) is 5.41 Å². The Morgan fingerprint density at radius 3 is 2.33 bits per heavy atom. The highest BCUT2D eigenvalue weighted by Crippen LogP contribution is 2.40. The Bertz CT molecular complexity index is 565. The van der Waals surface area contributed by atoms with Crippen molar-refractivity contribution in [3.8, 4) is 0 Å². The van der Waals surface area contributed by atoms with Gasteiger partial charge in [-0.2, -0.15) is 0 Å². The summed E-state index contributed by atoms with van der Waals surface area (Å²) >= 11 is 0. The molecule has 0 aromatic carbocycles. The Kier molecular flexibility index (Phi) is 4.33. The molecule has 0 unspecified atom stereocenters. The third-order valence-corrected chi connectivity index (χ3v) is 4.93. The van der Waals surface area contributed by atoms with Crippen LogP contribution in [0.2, 0.25) is 0 Å². The van der Waals surface area contributed by atoms with Gasteiger partial charge in [-0.3, -0.25) is 19.8 Å². The summed E-state index contributed by atoms with van der Waals surface area (Å²) in [6, 6.07) is -0.782. The predicted molar refractivity (Wildman–Crippen MR) is 73.4 cm³/mol. The van der Waals surface area contributed by atoms with Crippen LogP contribution in [0.1, 0.15) is 38.5 Å². The van der Waals surface area contributed by atoms with Crippen LogP contribution in [0, 0.1) is 5.41 Å². The fourth-order valence-electron chi connectivity index (χ4n) is 2.96. The molecule has 118 valence electrons. The van der Waals surface area contributed by atoms with Crippen LogP contribution in [0.25, 0.3) is 0 Å². The van der Waals surface area contributed by atoms with Gasteiger partial charge >= 0.3 is 6.03 Å². The van der Waals surface area contributed by atoms with Crippen LogP contribution >= 0.6 is 0 Å². The Morgan fingerprint density at radius 2 is 1.76 bits per heavy atom. The molecule has 9 heteroatoms. The summed E-state index contributed by atoms with van der Waals surface area (Å²) in [6.45, 7) is -0.0594. The van der Waals surface area contributed by atoms with Crippen molar-refractivity contribution in [2.24, 2.45) is 10.6 Å². The van der Waals surface area contributed by atoms with E-state index in [1.165, 1.54) is 0 Å². The van der Waals surface area contributed by atoms with Crippen LogP contribution in [0.15, 0.2) is 0 Å². The average molecular weight is 317 g/mol. The molecule has 2 rings (SSSR count). The molecule has 3 N–H and O–H groups in total. The number of barbiturate groups is 1. The lowest BCUT2D eigenvalue weighted by Gasteiger charge is -2.41. The maximum Gasteiger partial charge on any atom is 0.330 e. The molecule has 8 nitrogen and oxygen atoms in total. The first-order valence-electron chi connectivity index (χ1n) is 6.94. The van der Waals surface area contributed by atoms with Crippen molar-refractivity contribution in [2.45, 2.75) is 38.5 Å². The number of amides is 4. The first-order valence-corrected chi connectivity index (χ1v) is 8.66. The van der Waals surface area contributed by atoms with Gasteiger partial charge in [-0.15, -0.1) is 0 Å². The summed E-state index contributed by atoms with van der Waals surface area (Å²) < 4.78 is 21.8. The smallest absolute Gasteiger partial charge is 0.277 e. The summed E-state index contributed by atoms with van der Waals surface area (Å²) in [5.74, 6) is -1.35. The lowest BCUT2D eigenvalue weighted by Crippen LogP contribution is -2.64. The molecule has 2 aliphatic rings. The van der Waals surface area contributed by atoms with E-state index in [1.54, 1.807) is 0 Å². The molecule has 1 spiro atoms. The van der Waals surface area contributed by atoms with E-state index in [-0.39, 0.29) is 18.7 Å². The van der Waals surface area contributed by atoms with E-state index in [2.05, 4.69) is 5.32 Å². The zero-order valence-corrected chi connectivity index (χ0v) is 12.4. The highest BCUT2D eigenvalue weighted by Gasteiger charge is 2.53. The molecule has 0 atom stereocenters. The number of nitrogens with zero attached hydrogens (tertiary/aromatic N) is 1. The monoisotopic (exact) mass is 317 g/mol. The molecule has 0 aromatic rings. The zero-order valence-electron chi connectivity index (χ0n) is 11.6. The molecular formula is C12H19N3O5S. The van der Waals surface area contributed by atoms with Crippen molar-refractivity contribution in [2.75, 3.05) is 12.3 Å². The van der Waals surface area contributed by atoms with Gasteiger partial charge in [0.05, 0.1) is 5.75 Å². The number of urea groups is 1. The number of hydrogen-bond acceptors (Lipinski definition) is 5. The van der Waals surface area contributed by atoms with Crippen LogP contribution in [0.3, 0.4) is 0 Å². The van der Waals surface area contributed by atoms with Gasteiger partial charge in [0, 0.05) is 6.54 Å². The third kappa shape index (κ3) is 3.24. The van der Waals surface area contributed by atoms with Gasteiger partial charge in [0.25, 0.3) is 0 Å². The Morgan fingerprint density at radius 1 is 1.14 bits per heavy atom. The molecule has 2 fully saturated rings. The van der Waals surface area contributed by atoms with Gasteiger partial charge in [-0.25, -0.2) is 18.4 Å². The first kappa shape index (κ1) is 15.9. The van der Waals surface area contributed by atoms with Crippen molar-refractivity contribution >= 4 is 27.9 Å². The number of sulfonamides is 1. The highest BCUT2D eigenvalue weighted by atomic mass is 32.2. The van der Waals surface area contributed by atoms with Crippen molar-refractivity contribution in [1.29, 1.82) is 0 Å². The third-order valence-electron chi connectivity index (χ3n) is 4.07. The molecule has 1 aliphatic heterocycles. The lowest BCUT2D eigenvalue weighted by molar-refractivity contribution is -0.153. The second-order valence-corrected chi connectivity index (χ2v) is 7.31. The van der Waals surface area contributed by atoms with Gasteiger partial charge in [-0.05, 0) is 19.3 Å². The molecule has 4 amide bonds. The molecule has 0 bridgehead atoms. The Hall–Kier alpha value is -1.48. The molecule has 0 radical (unpaired) electrons. The summed E-state index contributed by atoms with van der Waals surface area (Å²) in [7, 11) is -3.64. The number of imide groups is 2. The minimum absolute atomic E-state index is 0.0578. The fourth-order valence-corrected chi connectivity index (χ4v) is 3.49. The summed E-state index contributed by atoms with van der Waals surface area (Å²) in [6.07, 6.45) is 3.40. The second kappa shape index (κ2) is 5.72. The van der Waals surface area contributed by atoms with Crippen molar-refractivity contribution in [1.82, 2.24) is 10.2 Å². The van der Waals surface area contributed by atoms with Gasteiger partial charge in [0.15, 0.2) is 0 Å². The van der Waals surface area contributed by atoms with Crippen LogP contribution < -0.4 is 10.5 Å². The number of rotatable bonds is 4. The fraction of sp³-hybridized carbons (Fsp3) is 0.750. The summed E-state index contributed by atoms with van der Waals surface area (Å²) in [5.41, 5.74) is -1.16. The SMILES string of the molecule is NS(=O)(=O)CCCN1C(=O)NC(=O)C2(CCCCC2)C1=O. The second-order valence-electron chi connectivity index (χ2n) is 5.58. The Balaban J connectivity index is 2.12. The van der Waals surface area contributed by atoms with E-state index in [0.717, 1.165) is 24.2 Å². The number of nitrogens with one attached hydrogen (secondary N) is 1. The maximum absolute atomic E-state index is 12.5. The van der Waals surface area contributed by atoms with Crippen LogP contribution in [0.4, 0.5) is 4.79 Å². The minimum Gasteiger partial charge on any atom is -0.277 e. The molecule has 1 saturated carbocycles. The maximum atomic E-state index is 12.5. The summed E-state index contributed by atoms with van der Waals surface area (Å²) in [5, 5.41) is 7.11. The molecule has 21 heavy (non-hydrogen) atoms. The molecular weight excluding hydrogens is 298 g/mol. The number of carbonyl (C=O) groups excluding carboxylic acids is 3. The van der Waals surface area contributed by atoms with Crippen molar-refractivity contribution in [3.63, 3.8) is 0 Å². The van der Waals surface area contributed by atoms with E-state index in [1.807, 2.05) is 0 Å². The van der Waals surface area contributed by atoms with E-state index in [0.29, 0.717) is 12.8 Å². The first-order chi connectivity index (χ1) is 9.76. The molecule has 1 heterocycles. The number of hydrogen-bond donors (Lipinski definition) is 2. The minimum atomic E-state index is -3.64. The number of nitrogens with two attached hydrogens (primary N) is 1. The Labute approximate surface area is 123 Å². The van der Waals surface area contributed by atoms with Crippen LogP contribution in [0.5, 0.6) is 0 Å². The normalized spacial score (nSPS) is 22.5. The van der Waals surface area contributed by atoms with E-state index in [4.69, 9.17) is 5.14 Å². The van der Waals surface area contributed by atoms with Gasteiger partial charge in [-0.1, -0.05) is 19.3 Å². The predicted octanol–water partition coefficient (Wildman–Crippen LogP) is -0.306. The molecule has 1 aliphatic carbocycles. The molecule has 0 aromatic heterocycles. The van der Waals surface area contributed by atoms with Gasteiger partial charge in [0.2, 0.25) is 21.8 Å². The van der Waals surface area contributed by atoms with Crippen LogP contribution in [-0.2, 0) is 19.6 Å². The van der Waals surface area contributed by atoms with E-state index in [9.17, 15) is 22.8 Å². The van der Waals surface area contributed by atoms with Crippen LogP contribution in [-0.4, -0.2) is 43.5 Å². The molecule has 1 saturated heterocycles. The number of carbonyl (C=O) groups is 3. The largest absolute Gasteiger partial charge is 0.330 e.